The van der Waals surface area contributed by atoms with Gasteiger partial charge in [0.25, 0.3) is 0 Å². The van der Waals surface area contributed by atoms with Crippen molar-refractivity contribution in [1.82, 2.24) is 4.98 Å². The second-order valence-corrected chi connectivity index (χ2v) is 4.61. The molecule has 86 valence electrons. The molecule has 0 spiro atoms. The molecule has 0 saturated carbocycles. The van der Waals surface area contributed by atoms with Crippen molar-refractivity contribution in [2.24, 2.45) is 0 Å². The summed E-state index contributed by atoms with van der Waals surface area (Å²) >= 11 is 1.68. The van der Waals surface area contributed by atoms with E-state index >= 15 is 0 Å². The summed E-state index contributed by atoms with van der Waals surface area (Å²) in [6.07, 6.45) is 3.24. The normalized spacial score (nSPS) is 9.82. The fourth-order valence-corrected chi connectivity index (χ4v) is 2.14. The number of anilines is 1. The zero-order valence-electron chi connectivity index (χ0n) is 9.39. The van der Waals surface area contributed by atoms with Crippen molar-refractivity contribution in [3.05, 3.63) is 46.4 Å². The van der Waals surface area contributed by atoms with Gasteiger partial charge >= 0.3 is 0 Å². The molecule has 1 aromatic heterocycles. The van der Waals surface area contributed by atoms with Crippen LogP contribution >= 0.6 is 11.3 Å². The molecule has 2 rings (SSSR count). The molecular weight excluding hydrogens is 230 g/mol. The van der Waals surface area contributed by atoms with Crippen LogP contribution < -0.4 is 5.32 Å². The van der Waals surface area contributed by atoms with Crippen molar-refractivity contribution < 1.29 is 0 Å². The fraction of sp³-hybridized carbons (Fsp3) is 0.231. The molecule has 0 radical (unpaired) electrons. The number of benzene rings is 1. The van der Waals surface area contributed by atoms with Crippen LogP contribution in [-0.2, 0) is 12.8 Å². The molecule has 0 saturated heterocycles. The van der Waals surface area contributed by atoms with Crippen molar-refractivity contribution in [3.8, 4) is 6.07 Å². The van der Waals surface area contributed by atoms with Crippen molar-refractivity contribution in [2.75, 3.05) is 11.9 Å². The SMILES string of the molecule is N#CCc1ccc(NCCc2nccs2)cc1. The topological polar surface area (TPSA) is 48.7 Å². The Morgan fingerprint density at radius 1 is 1.29 bits per heavy atom. The highest BCUT2D eigenvalue weighted by molar-refractivity contribution is 7.09. The Morgan fingerprint density at radius 3 is 2.76 bits per heavy atom. The molecule has 1 heterocycles. The number of nitrogens with one attached hydrogen (secondary N) is 1. The Labute approximate surface area is 105 Å². The van der Waals surface area contributed by atoms with Gasteiger partial charge in [0.2, 0.25) is 0 Å². The molecule has 0 aliphatic carbocycles. The number of hydrogen-bond acceptors (Lipinski definition) is 4. The summed E-state index contributed by atoms with van der Waals surface area (Å²) in [6.45, 7) is 0.880. The average molecular weight is 243 g/mol. The Balaban J connectivity index is 1.81. The number of aromatic nitrogens is 1. The van der Waals surface area contributed by atoms with Crippen molar-refractivity contribution in [3.63, 3.8) is 0 Å². The zero-order valence-corrected chi connectivity index (χ0v) is 10.2. The molecule has 1 N–H and O–H groups in total. The van der Waals surface area contributed by atoms with E-state index in [1.165, 1.54) is 0 Å². The lowest BCUT2D eigenvalue weighted by molar-refractivity contribution is 0.998. The molecule has 0 aliphatic rings. The average Bonchev–Trinajstić information content (AvgIpc) is 2.85. The third-order valence-corrected chi connectivity index (χ3v) is 3.23. The highest BCUT2D eigenvalue weighted by Gasteiger charge is 1.96. The quantitative estimate of drug-likeness (QED) is 0.878. The summed E-state index contributed by atoms with van der Waals surface area (Å²) in [7, 11) is 0. The second kappa shape index (κ2) is 6.02. The van der Waals surface area contributed by atoms with Gasteiger partial charge in [-0.25, -0.2) is 4.98 Å². The summed E-state index contributed by atoms with van der Waals surface area (Å²) < 4.78 is 0. The summed E-state index contributed by atoms with van der Waals surface area (Å²) in [5, 5.41) is 15.0. The molecule has 0 amide bonds. The second-order valence-electron chi connectivity index (χ2n) is 3.63. The number of thiazole rings is 1. The number of hydrogen-bond donors (Lipinski definition) is 1. The van der Waals surface area contributed by atoms with Gasteiger partial charge in [-0.15, -0.1) is 11.3 Å². The molecule has 0 bridgehead atoms. The molecule has 3 nitrogen and oxygen atoms in total. The zero-order chi connectivity index (χ0) is 11.9. The highest BCUT2D eigenvalue weighted by atomic mass is 32.1. The van der Waals surface area contributed by atoms with E-state index in [1.807, 2.05) is 35.8 Å². The minimum atomic E-state index is 0.472. The summed E-state index contributed by atoms with van der Waals surface area (Å²) in [5.74, 6) is 0. The van der Waals surface area contributed by atoms with Crippen molar-refractivity contribution >= 4 is 17.0 Å². The fourth-order valence-electron chi connectivity index (χ4n) is 1.52. The van der Waals surface area contributed by atoms with Gasteiger partial charge in [-0.05, 0) is 17.7 Å². The van der Waals surface area contributed by atoms with Crippen LogP contribution in [-0.4, -0.2) is 11.5 Å². The van der Waals surface area contributed by atoms with Crippen LogP contribution in [0, 0.1) is 11.3 Å². The van der Waals surface area contributed by atoms with Crippen LogP contribution in [0.5, 0.6) is 0 Å². The molecular formula is C13H13N3S. The first kappa shape index (κ1) is 11.6. The van der Waals surface area contributed by atoms with E-state index in [-0.39, 0.29) is 0 Å². The van der Waals surface area contributed by atoms with Crippen LogP contribution in [0.25, 0.3) is 0 Å². The van der Waals surface area contributed by atoms with E-state index in [0.29, 0.717) is 6.42 Å². The van der Waals surface area contributed by atoms with Crippen LogP contribution in [0.1, 0.15) is 10.6 Å². The number of rotatable bonds is 5. The first-order valence-corrected chi connectivity index (χ1v) is 6.34. The van der Waals surface area contributed by atoms with Gasteiger partial charge in [0.1, 0.15) is 0 Å². The summed E-state index contributed by atoms with van der Waals surface area (Å²) in [6, 6.07) is 10.1. The van der Waals surface area contributed by atoms with Crippen LogP contribution in [0.15, 0.2) is 35.8 Å². The molecule has 2 aromatic rings. The summed E-state index contributed by atoms with van der Waals surface area (Å²) in [5.41, 5.74) is 2.14. The standard InChI is InChI=1S/C13H13N3S/c14-7-5-11-1-3-12(4-2-11)15-8-6-13-16-9-10-17-13/h1-4,9-10,15H,5-6,8H2. The maximum absolute atomic E-state index is 8.56. The van der Waals surface area contributed by atoms with Gasteiger partial charge in [-0.2, -0.15) is 5.26 Å². The van der Waals surface area contributed by atoms with Gasteiger partial charge < -0.3 is 5.32 Å². The lowest BCUT2D eigenvalue weighted by Gasteiger charge is -2.05. The molecule has 1 aromatic carbocycles. The van der Waals surface area contributed by atoms with E-state index < -0.39 is 0 Å². The third-order valence-electron chi connectivity index (χ3n) is 2.39. The smallest absolute Gasteiger partial charge is 0.0942 e. The molecule has 4 heteroatoms. The lowest BCUT2D eigenvalue weighted by Crippen LogP contribution is -2.04. The van der Waals surface area contributed by atoms with Gasteiger partial charge in [-0.1, -0.05) is 12.1 Å². The van der Waals surface area contributed by atoms with Crippen LogP contribution in [0.4, 0.5) is 5.69 Å². The van der Waals surface area contributed by atoms with E-state index in [2.05, 4.69) is 16.4 Å². The Hall–Kier alpha value is -1.86. The first-order valence-electron chi connectivity index (χ1n) is 5.46. The van der Waals surface area contributed by atoms with Gasteiger partial charge in [0.05, 0.1) is 17.5 Å². The van der Waals surface area contributed by atoms with E-state index in [1.54, 1.807) is 11.3 Å². The number of nitriles is 1. The maximum atomic E-state index is 8.56. The predicted octanol–water partition coefficient (Wildman–Crippen LogP) is 2.86. The monoisotopic (exact) mass is 243 g/mol. The predicted molar refractivity (Wildman–Crippen MR) is 70.1 cm³/mol. The molecule has 17 heavy (non-hydrogen) atoms. The van der Waals surface area contributed by atoms with Crippen LogP contribution in [0.3, 0.4) is 0 Å². The number of nitrogens with zero attached hydrogens (tertiary/aromatic N) is 2. The molecule has 0 fully saturated rings. The Bertz CT molecular complexity index is 482. The van der Waals surface area contributed by atoms with Crippen molar-refractivity contribution in [1.29, 1.82) is 5.26 Å². The van der Waals surface area contributed by atoms with Crippen molar-refractivity contribution in [2.45, 2.75) is 12.8 Å². The highest BCUT2D eigenvalue weighted by Crippen LogP contribution is 2.10. The largest absolute Gasteiger partial charge is 0.385 e. The molecule has 0 aliphatic heterocycles. The third kappa shape index (κ3) is 3.58. The maximum Gasteiger partial charge on any atom is 0.0942 e. The Kier molecular flexibility index (Phi) is 4.11. The Morgan fingerprint density at radius 2 is 2.12 bits per heavy atom. The molecule has 0 unspecified atom stereocenters. The van der Waals surface area contributed by atoms with E-state index in [4.69, 9.17) is 5.26 Å². The van der Waals surface area contributed by atoms with Gasteiger partial charge in [0, 0.05) is 30.2 Å². The molecule has 0 atom stereocenters. The lowest BCUT2D eigenvalue weighted by atomic mass is 10.1. The minimum absolute atomic E-state index is 0.472. The summed E-state index contributed by atoms with van der Waals surface area (Å²) in [4.78, 5) is 4.23. The van der Waals surface area contributed by atoms with Crippen LogP contribution in [0.2, 0.25) is 0 Å². The van der Waals surface area contributed by atoms with Gasteiger partial charge in [0.15, 0.2) is 0 Å². The van der Waals surface area contributed by atoms with E-state index in [0.717, 1.165) is 29.2 Å². The minimum Gasteiger partial charge on any atom is -0.385 e. The van der Waals surface area contributed by atoms with E-state index in [9.17, 15) is 0 Å². The first-order chi connectivity index (χ1) is 8.38. The van der Waals surface area contributed by atoms with Gasteiger partial charge in [-0.3, -0.25) is 0 Å².